The number of primary sulfonamides is 2. The van der Waals surface area contributed by atoms with Crippen LogP contribution in [-0.4, -0.2) is 47.3 Å². The van der Waals surface area contributed by atoms with Gasteiger partial charge in [-0.2, -0.15) is 0 Å². The molecule has 2 aromatic rings. The summed E-state index contributed by atoms with van der Waals surface area (Å²) in [5, 5.41) is 9.12. The lowest BCUT2D eigenvalue weighted by Gasteiger charge is -2.28. The SMILES string of the molecule is NS(=O)(=O)[C@@H]1CCCC[C@H]1c1ncc(F)cn1.NS(=O)(=O)[C@H]1CCCC[C@@H]1c1ncc(F)cn1. The Hall–Kier alpha value is -2.16. The van der Waals surface area contributed by atoms with E-state index in [0.717, 1.165) is 50.5 Å². The molecule has 4 atom stereocenters. The molecule has 2 saturated carbocycles. The molecular weight excluding hydrogens is 490 g/mol. The zero-order valence-corrected chi connectivity index (χ0v) is 20.1. The second kappa shape index (κ2) is 11.1. The van der Waals surface area contributed by atoms with Crippen LogP contribution in [0.5, 0.6) is 0 Å². The van der Waals surface area contributed by atoms with Gasteiger partial charge in [0.2, 0.25) is 20.0 Å². The smallest absolute Gasteiger partial charge is 0.212 e. The molecule has 0 radical (unpaired) electrons. The first-order valence-electron chi connectivity index (χ1n) is 10.9. The minimum absolute atomic E-state index is 0.320. The van der Waals surface area contributed by atoms with Gasteiger partial charge in [-0.15, -0.1) is 0 Å². The van der Waals surface area contributed by atoms with Crippen LogP contribution in [0.1, 0.15) is 74.9 Å². The van der Waals surface area contributed by atoms with Crippen LogP contribution in [0.4, 0.5) is 8.78 Å². The van der Waals surface area contributed by atoms with Gasteiger partial charge in [0.1, 0.15) is 11.6 Å². The molecule has 2 aromatic heterocycles. The third-order valence-corrected chi connectivity index (χ3v) is 9.01. The standard InChI is InChI=1S/2C10H14FN3O2S/c2*11-7-5-13-10(14-6-7)8-3-1-2-4-9(8)17(12,15)16/h2*5-6,8-9H,1-4H2,(H2,12,15,16)/t2*8-,9-/m10/s1. The van der Waals surface area contributed by atoms with E-state index in [0.29, 0.717) is 37.3 Å². The molecule has 2 heterocycles. The molecule has 4 rings (SSSR count). The van der Waals surface area contributed by atoms with Crippen LogP contribution < -0.4 is 10.3 Å². The van der Waals surface area contributed by atoms with Gasteiger partial charge in [-0.3, -0.25) is 0 Å². The van der Waals surface area contributed by atoms with Gasteiger partial charge in [0.25, 0.3) is 0 Å². The van der Waals surface area contributed by atoms with Gasteiger partial charge in [0.05, 0.1) is 35.3 Å². The molecule has 0 amide bonds. The number of halogens is 2. The Labute approximate surface area is 197 Å². The first kappa shape index (κ1) is 26.4. The molecular formula is C20H28F2N6O4S2. The van der Waals surface area contributed by atoms with E-state index >= 15 is 0 Å². The first-order chi connectivity index (χ1) is 16.0. The summed E-state index contributed by atoms with van der Waals surface area (Å²) in [6.45, 7) is 0. The monoisotopic (exact) mass is 518 g/mol. The highest BCUT2D eigenvalue weighted by Crippen LogP contribution is 2.35. The molecule has 0 unspecified atom stereocenters. The van der Waals surface area contributed by atoms with Crippen LogP contribution in [0, 0.1) is 11.6 Å². The summed E-state index contributed by atoms with van der Waals surface area (Å²) in [4.78, 5) is 15.4. The van der Waals surface area contributed by atoms with E-state index in [2.05, 4.69) is 19.9 Å². The molecule has 34 heavy (non-hydrogen) atoms. The number of hydrogen-bond acceptors (Lipinski definition) is 8. The fraction of sp³-hybridized carbons (Fsp3) is 0.600. The minimum Gasteiger partial charge on any atom is -0.238 e. The van der Waals surface area contributed by atoms with Crippen molar-refractivity contribution >= 4 is 20.0 Å². The van der Waals surface area contributed by atoms with E-state index in [1.807, 2.05) is 0 Å². The van der Waals surface area contributed by atoms with Crippen molar-refractivity contribution in [3.8, 4) is 0 Å². The predicted octanol–water partition coefficient (Wildman–Crippen LogP) is 1.86. The molecule has 0 spiro atoms. The van der Waals surface area contributed by atoms with Crippen LogP contribution in [0.25, 0.3) is 0 Å². The number of hydrogen-bond donors (Lipinski definition) is 2. The molecule has 4 N–H and O–H groups in total. The van der Waals surface area contributed by atoms with E-state index in [1.54, 1.807) is 0 Å². The second-order valence-electron chi connectivity index (χ2n) is 8.56. The summed E-state index contributed by atoms with van der Waals surface area (Å²) in [6, 6.07) is 0. The zero-order chi connectivity index (χ0) is 24.9. The number of rotatable bonds is 4. The molecule has 2 fully saturated rings. The summed E-state index contributed by atoms with van der Waals surface area (Å²) < 4.78 is 71.4. The molecule has 2 aliphatic carbocycles. The average Bonchev–Trinajstić information content (AvgIpc) is 2.79. The van der Waals surface area contributed by atoms with Gasteiger partial charge in [0, 0.05) is 11.8 Å². The summed E-state index contributed by atoms with van der Waals surface area (Å²) in [6.07, 6.45) is 10.1. The van der Waals surface area contributed by atoms with Crippen LogP contribution in [-0.2, 0) is 20.0 Å². The maximum Gasteiger partial charge on any atom is 0.212 e. The molecule has 14 heteroatoms. The predicted molar refractivity (Wildman–Crippen MR) is 120 cm³/mol. The Morgan fingerprint density at radius 1 is 0.618 bits per heavy atom. The van der Waals surface area contributed by atoms with Crippen molar-refractivity contribution in [2.75, 3.05) is 0 Å². The highest BCUT2D eigenvalue weighted by atomic mass is 32.2. The number of aromatic nitrogens is 4. The van der Waals surface area contributed by atoms with Crippen molar-refractivity contribution in [3.05, 3.63) is 48.1 Å². The quantitative estimate of drug-likeness (QED) is 0.617. The molecule has 0 aliphatic heterocycles. The number of sulfonamides is 2. The number of nitrogens with zero attached hydrogens (tertiary/aromatic N) is 4. The van der Waals surface area contributed by atoms with Gasteiger partial charge >= 0.3 is 0 Å². The summed E-state index contributed by atoms with van der Waals surface area (Å²) in [5.74, 6) is -0.970. The maximum atomic E-state index is 12.7. The van der Waals surface area contributed by atoms with E-state index < -0.39 is 42.2 Å². The van der Waals surface area contributed by atoms with Crippen molar-refractivity contribution in [1.82, 2.24) is 19.9 Å². The van der Waals surface area contributed by atoms with E-state index in [1.165, 1.54) is 0 Å². The van der Waals surface area contributed by atoms with E-state index in [4.69, 9.17) is 10.3 Å². The minimum atomic E-state index is -3.61. The van der Waals surface area contributed by atoms with Gasteiger partial charge in [0.15, 0.2) is 11.6 Å². The van der Waals surface area contributed by atoms with Crippen molar-refractivity contribution < 1.29 is 25.6 Å². The summed E-state index contributed by atoms with van der Waals surface area (Å²) >= 11 is 0. The van der Waals surface area contributed by atoms with Crippen LogP contribution in [0.15, 0.2) is 24.8 Å². The lowest BCUT2D eigenvalue weighted by Crippen LogP contribution is -2.36. The Morgan fingerprint density at radius 2 is 0.912 bits per heavy atom. The normalized spacial score (nSPS) is 25.8. The lowest BCUT2D eigenvalue weighted by atomic mass is 9.88. The van der Waals surface area contributed by atoms with Crippen LogP contribution in [0.2, 0.25) is 0 Å². The Balaban J connectivity index is 0.000000191. The summed E-state index contributed by atoms with van der Waals surface area (Å²) in [7, 11) is -7.21. The first-order valence-corrected chi connectivity index (χ1v) is 14.2. The van der Waals surface area contributed by atoms with E-state index in [9.17, 15) is 25.6 Å². The Bertz CT molecular complexity index is 1070. The number of nitrogens with two attached hydrogens (primary N) is 2. The fourth-order valence-corrected chi connectivity index (χ4v) is 7.02. The molecule has 188 valence electrons. The molecule has 0 aromatic carbocycles. The third kappa shape index (κ3) is 6.93. The zero-order valence-electron chi connectivity index (χ0n) is 18.4. The van der Waals surface area contributed by atoms with Gasteiger partial charge in [-0.05, 0) is 25.7 Å². The van der Waals surface area contributed by atoms with E-state index in [-0.39, 0.29) is 11.8 Å². The Morgan fingerprint density at radius 3 is 1.21 bits per heavy atom. The highest BCUT2D eigenvalue weighted by molar-refractivity contribution is 7.90. The van der Waals surface area contributed by atoms with Crippen molar-refractivity contribution in [2.24, 2.45) is 10.3 Å². The van der Waals surface area contributed by atoms with Gasteiger partial charge < -0.3 is 0 Å². The van der Waals surface area contributed by atoms with Crippen molar-refractivity contribution in [2.45, 2.75) is 73.7 Å². The molecule has 2 aliphatic rings. The summed E-state index contributed by atoms with van der Waals surface area (Å²) in [5.41, 5.74) is 0. The third-order valence-electron chi connectivity index (χ3n) is 6.19. The van der Waals surface area contributed by atoms with Crippen LogP contribution in [0.3, 0.4) is 0 Å². The maximum absolute atomic E-state index is 12.7. The Kier molecular flexibility index (Phi) is 8.60. The molecule has 0 bridgehead atoms. The van der Waals surface area contributed by atoms with Crippen LogP contribution >= 0.6 is 0 Å². The fourth-order valence-electron chi connectivity index (χ4n) is 4.60. The largest absolute Gasteiger partial charge is 0.238 e. The molecule has 0 saturated heterocycles. The second-order valence-corrected chi connectivity index (χ2v) is 12.1. The van der Waals surface area contributed by atoms with Crippen molar-refractivity contribution in [3.63, 3.8) is 0 Å². The van der Waals surface area contributed by atoms with Crippen molar-refractivity contribution in [1.29, 1.82) is 0 Å². The average molecular weight is 519 g/mol. The lowest BCUT2D eigenvalue weighted by molar-refractivity contribution is 0.419. The highest BCUT2D eigenvalue weighted by Gasteiger charge is 2.37. The van der Waals surface area contributed by atoms with Gasteiger partial charge in [-0.25, -0.2) is 55.8 Å². The molecule has 10 nitrogen and oxygen atoms in total. The van der Waals surface area contributed by atoms with Gasteiger partial charge in [-0.1, -0.05) is 25.7 Å². The topological polar surface area (TPSA) is 172 Å².